The normalized spacial score (nSPS) is 11.0. The van der Waals surface area contributed by atoms with Crippen molar-refractivity contribution < 1.29 is 4.79 Å². The third-order valence-corrected chi connectivity index (χ3v) is 5.77. The van der Waals surface area contributed by atoms with Gasteiger partial charge in [-0.15, -0.1) is 0 Å². The van der Waals surface area contributed by atoms with E-state index in [2.05, 4.69) is 41.9 Å². The van der Waals surface area contributed by atoms with Crippen LogP contribution in [0.15, 0.2) is 16.6 Å². The summed E-state index contributed by atoms with van der Waals surface area (Å²) in [6.07, 6.45) is 18.8. The van der Waals surface area contributed by atoms with Gasteiger partial charge in [-0.05, 0) is 48.9 Å². The van der Waals surface area contributed by atoms with Crippen LogP contribution in [0, 0.1) is 0 Å². The predicted molar refractivity (Wildman–Crippen MR) is 114 cm³/mol. The van der Waals surface area contributed by atoms with Crippen molar-refractivity contribution in [2.75, 3.05) is 0 Å². The van der Waals surface area contributed by atoms with Gasteiger partial charge in [-0.25, -0.2) is 0 Å². The highest BCUT2D eigenvalue weighted by Gasteiger charge is 2.08. The standard InChI is InChI=1S/C23H37BrO/c1-3-5-7-9-11-13-15-20-18-23(24)21(17-22(20)19-25)16-14-12-10-8-6-4-2/h17-19H,3-16H2,1-2H3. The van der Waals surface area contributed by atoms with E-state index in [0.29, 0.717) is 0 Å². The Morgan fingerprint density at radius 2 is 1.20 bits per heavy atom. The summed E-state index contributed by atoms with van der Waals surface area (Å²) in [5.74, 6) is 0. The fourth-order valence-corrected chi connectivity index (χ4v) is 3.98. The van der Waals surface area contributed by atoms with Crippen molar-refractivity contribution >= 4 is 22.2 Å². The lowest BCUT2D eigenvalue weighted by atomic mass is 9.96. The molecule has 1 aromatic rings. The lowest BCUT2D eigenvalue weighted by Crippen LogP contribution is -1.98. The van der Waals surface area contributed by atoms with E-state index in [-0.39, 0.29) is 0 Å². The number of aldehydes is 1. The quantitative estimate of drug-likeness (QED) is 0.211. The van der Waals surface area contributed by atoms with E-state index in [1.807, 2.05) is 0 Å². The van der Waals surface area contributed by atoms with Gasteiger partial charge in [0.05, 0.1) is 0 Å². The van der Waals surface area contributed by atoms with Crippen molar-refractivity contribution in [1.82, 2.24) is 0 Å². The number of aryl methyl sites for hydroxylation is 2. The maximum absolute atomic E-state index is 11.5. The average molecular weight is 409 g/mol. The van der Waals surface area contributed by atoms with Crippen LogP contribution in [0.1, 0.15) is 112 Å². The number of carbonyl (C=O) groups excluding carboxylic acids is 1. The van der Waals surface area contributed by atoms with Crippen molar-refractivity contribution in [3.05, 3.63) is 33.3 Å². The molecule has 0 fully saturated rings. The molecule has 0 aliphatic heterocycles. The van der Waals surface area contributed by atoms with E-state index < -0.39 is 0 Å². The first-order valence-electron chi connectivity index (χ1n) is 10.5. The van der Waals surface area contributed by atoms with Crippen LogP contribution in [0.5, 0.6) is 0 Å². The lowest BCUT2D eigenvalue weighted by molar-refractivity contribution is 0.112. The van der Waals surface area contributed by atoms with Crippen LogP contribution in [0.25, 0.3) is 0 Å². The molecule has 142 valence electrons. The van der Waals surface area contributed by atoms with Gasteiger partial charge in [0.25, 0.3) is 0 Å². The summed E-state index contributed by atoms with van der Waals surface area (Å²) >= 11 is 3.73. The molecule has 0 amide bonds. The van der Waals surface area contributed by atoms with Gasteiger partial charge in [0.1, 0.15) is 6.29 Å². The molecule has 0 N–H and O–H groups in total. The van der Waals surface area contributed by atoms with Crippen molar-refractivity contribution in [2.24, 2.45) is 0 Å². The summed E-state index contributed by atoms with van der Waals surface area (Å²) in [6, 6.07) is 4.32. The Kier molecular flexibility index (Phi) is 13.0. The first-order valence-corrected chi connectivity index (χ1v) is 11.3. The highest BCUT2D eigenvalue weighted by Crippen LogP contribution is 2.25. The van der Waals surface area contributed by atoms with Gasteiger partial charge in [0.2, 0.25) is 0 Å². The lowest BCUT2D eigenvalue weighted by Gasteiger charge is -2.11. The topological polar surface area (TPSA) is 17.1 Å². The smallest absolute Gasteiger partial charge is 0.150 e. The summed E-state index contributed by atoms with van der Waals surface area (Å²) in [5.41, 5.74) is 3.41. The van der Waals surface area contributed by atoms with Crippen LogP contribution < -0.4 is 0 Å². The first kappa shape index (κ1) is 22.4. The van der Waals surface area contributed by atoms with E-state index in [1.165, 1.54) is 92.6 Å². The summed E-state index contributed by atoms with van der Waals surface area (Å²) in [4.78, 5) is 11.5. The molecule has 2 heteroatoms. The third kappa shape index (κ3) is 9.58. The van der Waals surface area contributed by atoms with Crippen molar-refractivity contribution in [2.45, 2.75) is 104 Å². The zero-order valence-electron chi connectivity index (χ0n) is 16.4. The maximum Gasteiger partial charge on any atom is 0.150 e. The molecule has 0 spiro atoms. The molecule has 0 saturated heterocycles. The van der Waals surface area contributed by atoms with Crippen molar-refractivity contribution in [3.63, 3.8) is 0 Å². The minimum Gasteiger partial charge on any atom is -0.298 e. The van der Waals surface area contributed by atoms with Crippen LogP contribution in [-0.4, -0.2) is 6.29 Å². The largest absolute Gasteiger partial charge is 0.298 e. The summed E-state index contributed by atoms with van der Waals surface area (Å²) in [6.45, 7) is 4.51. The van der Waals surface area contributed by atoms with E-state index in [9.17, 15) is 4.79 Å². The Labute approximate surface area is 164 Å². The van der Waals surface area contributed by atoms with Gasteiger partial charge in [-0.3, -0.25) is 4.79 Å². The van der Waals surface area contributed by atoms with E-state index >= 15 is 0 Å². The number of hydrogen-bond donors (Lipinski definition) is 0. The number of rotatable bonds is 15. The Hall–Kier alpha value is -0.630. The monoisotopic (exact) mass is 408 g/mol. The Bertz CT molecular complexity index is 481. The molecule has 0 aromatic heterocycles. The SMILES string of the molecule is CCCCCCCCc1cc(C=O)c(CCCCCCCC)cc1Br. The van der Waals surface area contributed by atoms with Crippen LogP contribution >= 0.6 is 15.9 Å². The Balaban J connectivity index is 2.45. The zero-order chi connectivity index (χ0) is 18.3. The molecular formula is C23H37BrO. The summed E-state index contributed by atoms with van der Waals surface area (Å²) < 4.78 is 1.19. The molecule has 0 aliphatic rings. The molecule has 0 aliphatic carbocycles. The fourth-order valence-electron chi connectivity index (χ4n) is 3.39. The Morgan fingerprint density at radius 1 is 0.720 bits per heavy atom. The molecule has 0 heterocycles. The molecule has 25 heavy (non-hydrogen) atoms. The number of carbonyl (C=O) groups is 1. The van der Waals surface area contributed by atoms with Gasteiger partial charge >= 0.3 is 0 Å². The molecule has 1 rings (SSSR count). The van der Waals surface area contributed by atoms with E-state index in [1.54, 1.807) is 0 Å². The zero-order valence-corrected chi connectivity index (χ0v) is 18.0. The average Bonchev–Trinajstić information content (AvgIpc) is 2.62. The summed E-state index contributed by atoms with van der Waals surface area (Å²) in [7, 11) is 0. The van der Waals surface area contributed by atoms with Crippen molar-refractivity contribution in [1.29, 1.82) is 0 Å². The van der Waals surface area contributed by atoms with Crippen LogP contribution in [0.4, 0.5) is 0 Å². The number of halogens is 1. The minimum atomic E-state index is 0.901. The van der Waals surface area contributed by atoms with Gasteiger partial charge in [-0.1, -0.05) is 94.0 Å². The van der Waals surface area contributed by atoms with Crippen molar-refractivity contribution in [3.8, 4) is 0 Å². The van der Waals surface area contributed by atoms with Gasteiger partial charge in [0.15, 0.2) is 0 Å². The fraction of sp³-hybridized carbons (Fsp3) is 0.696. The molecule has 0 saturated carbocycles. The maximum atomic E-state index is 11.5. The van der Waals surface area contributed by atoms with Crippen LogP contribution in [0.2, 0.25) is 0 Å². The number of benzene rings is 1. The summed E-state index contributed by atoms with van der Waals surface area (Å²) in [5, 5.41) is 0. The third-order valence-electron chi connectivity index (χ3n) is 5.03. The molecular weight excluding hydrogens is 372 g/mol. The molecule has 1 aromatic carbocycles. The second kappa shape index (κ2) is 14.5. The second-order valence-corrected chi connectivity index (χ2v) is 8.15. The van der Waals surface area contributed by atoms with Gasteiger partial charge < -0.3 is 0 Å². The molecule has 0 unspecified atom stereocenters. The van der Waals surface area contributed by atoms with E-state index in [0.717, 1.165) is 24.7 Å². The number of hydrogen-bond acceptors (Lipinski definition) is 1. The van der Waals surface area contributed by atoms with Gasteiger partial charge in [-0.2, -0.15) is 0 Å². The molecule has 0 atom stereocenters. The Morgan fingerprint density at radius 3 is 1.72 bits per heavy atom. The van der Waals surface area contributed by atoms with Crippen LogP contribution in [0.3, 0.4) is 0 Å². The molecule has 1 nitrogen and oxygen atoms in total. The second-order valence-electron chi connectivity index (χ2n) is 7.30. The van der Waals surface area contributed by atoms with Crippen LogP contribution in [-0.2, 0) is 12.8 Å². The highest BCUT2D eigenvalue weighted by atomic mass is 79.9. The minimum absolute atomic E-state index is 0.901. The first-order chi connectivity index (χ1) is 12.2. The molecule has 0 bridgehead atoms. The van der Waals surface area contributed by atoms with Gasteiger partial charge in [0, 0.05) is 10.0 Å². The van der Waals surface area contributed by atoms with E-state index in [4.69, 9.17) is 0 Å². The highest BCUT2D eigenvalue weighted by molar-refractivity contribution is 9.10. The number of unbranched alkanes of at least 4 members (excludes halogenated alkanes) is 10. The molecule has 0 radical (unpaired) electrons. The predicted octanol–water partition coefficient (Wildman–Crippen LogP) is 8.07.